The van der Waals surface area contributed by atoms with E-state index >= 15 is 0 Å². The Morgan fingerprint density at radius 2 is 1.79 bits per heavy atom. The molecule has 2 aromatic carbocycles. The van der Waals surface area contributed by atoms with Gasteiger partial charge in [-0.05, 0) is 49.4 Å². The molecule has 0 spiro atoms. The van der Waals surface area contributed by atoms with E-state index in [1.54, 1.807) is 24.3 Å². The molecule has 2 aromatic heterocycles. The molecule has 0 aliphatic carbocycles. The lowest BCUT2D eigenvalue weighted by molar-refractivity contribution is 0.251. The maximum absolute atomic E-state index is 12.4. The van der Waals surface area contributed by atoms with E-state index < -0.39 is 0 Å². The quantitative estimate of drug-likeness (QED) is 0.493. The highest BCUT2D eigenvalue weighted by Crippen LogP contribution is 2.23. The van der Waals surface area contributed by atoms with E-state index in [4.69, 9.17) is 16.7 Å². The number of halogens is 1. The molecule has 0 aliphatic heterocycles. The van der Waals surface area contributed by atoms with E-state index in [-0.39, 0.29) is 6.03 Å². The molecule has 0 fully saturated rings. The van der Waals surface area contributed by atoms with Crippen LogP contribution in [0.3, 0.4) is 0 Å². The smallest absolute Gasteiger partial charge is 0.319 e. The Bertz CT molecular complexity index is 1120. The van der Waals surface area contributed by atoms with E-state index in [1.165, 1.54) is 0 Å². The molecule has 0 aliphatic rings. The summed E-state index contributed by atoms with van der Waals surface area (Å²) in [5.74, 6) is 0.891. The van der Waals surface area contributed by atoms with Gasteiger partial charge in [0.1, 0.15) is 5.82 Å². The van der Waals surface area contributed by atoms with Crippen molar-refractivity contribution in [2.45, 2.75) is 13.5 Å². The summed E-state index contributed by atoms with van der Waals surface area (Å²) < 4.78 is 3.89. The van der Waals surface area contributed by atoms with Crippen molar-refractivity contribution in [3.05, 3.63) is 95.4 Å². The minimum Gasteiger partial charge on any atom is -0.334 e. The number of rotatable bonds is 5. The lowest BCUT2D eigenvalue weighted by Gasteiger charge is -2.12. The molecule has 6 nitrogen and oxygen atoms in total. The molecule has 0 saturated heterocycles. The average molecular weight is 406 g/mol. The van der Waals surface area contributed by atoms with Crippen LogP contribution in [0.15, 0.2) is 79.1 Å². The molecular formula is C22H20ClN5O. The zero-order chi connectivity index (χ0) is 20.2. The molecule has 7 heteroatoms. The standard InChI is InChI=1S/C22H20ClN5O/c1-16-20(15-24-22(29)25-18-9-7-8-17(23)14-18)21(27-12-5-6-13-27)28(26-16)19-10-3-2-4-11-19/h2-14H,15H2,1H3,(H2,24,25,29). The minimum absolute atomic E-state index is 0.308. The van der Waals surface area contributed by atoms with Crippen LogP contribution in [0.1, 0.15) is 11.3 Å². The molecular weight excluding hydrogens is 386 g/mol. The van der Waals surface area contributed by atoms with Crippen LogP contribution in [-0.2, 0) is 6.54 Å². The Morgan fingerprint density at radius 1 is 1.03 bits per heavy atom. The first kappa shape index (κ1) is 18.8. The molecule has 2 heterocycles. The monoisotopic (exact) mass is 405 g/mol. The second kappa shape index (κ2) is 8.24. The summed E-state index contributed by atoms with van der Waals surface area (Å²) in [6.07, 6.45) is 3.93. The van der Waals surface area contributed by atoms with Gasteiger partial charge < -0.3 is 15.2 Å². The summed E-state index contributed by atoms with van der Waals surface area (Å²) in [6.45, 7) is 2.27. The first-order valence-corrected chi connectivity index (χ1v) is 9.57. The highest BCUT2D eigenvalue weighted by atomic mass is 35.5. The molecule has 29 heavy (non-hydrogen) atoms. The van der Waals surface area contributed by atoms with Gasteiger partial charge in [-0.15, -0.1) is 0 Å². The summed E-state index contributed by atoms with van der Waals surface area (Å²) in [7, 11) is 0. The average Bonchev–Trinajstić information content (AvgIpc) is 3.35. The fraction of sp³-hybridized carbons (Fsp3) is 0.0909. The fourth-order valence-corrected chi connectivity index (χ4v) is 3.34. The maximum atomic E-state index is 12.4. The Labute approximate surface area is 173 Å². The lowest BCUT2D eigenvalue weighted by atomic mass is 10.2. The van der Waals surface area contributed by atoms with Crippen molar-refractivity contribution in [3.63, 3.8) is 0 Å². The van der Waals surface area contributed by atoms with E-state index in [2.05, 4.69) is 10.6 Å². The van der Waals surface area contributed by atoms with Gasteiger partial charge in [0.05, 0.1) is 17.9 Å². The van der Waals surface area contributed by atoms with Gasteiger partial charge in [-0.2, -0.15) is 5.10 Å². The number of hydrogen-bond acceptors (Lipinski definition) is 2. The van der Waals surface area contributed by atoms with Crippen molar-refractivity contribution in [2.24, 2.45) is 0 Å². The molecule has 0 unspecified atom stereocenters. The second-order valence-electron chi connectivity index (χ2n) is 6.54. The van der Waals surface area contributed by atoms with Crippen molar-refractivity contribution in [1.29, 1.82) is 0 Å². The van der Waals surface area contributed by atoms with Crippen molar-refractivity contribution in [1.82, 2.24) is 19.7 Å². The molecule has 0 bridgehead atoms. The molecule has 4 rings (SSSR count). The number of aryl methyl sites for hydroxylation is 1. The first-order valence-electron chi connectivity index (χ1n) is 9.19. The van der Waals surface area contributed by atoms with Gasteiger partial charge in [0.25, 0.3) is 0 Å². The van der Waals surface area contributed by atoms with Gasteiger partial charge in [-0.1, -0.05) is 35.9 Å². The second-order valence-corrected chi connectivity index (χ2v) is 6.98. The summed E-state index contributed by atoms with van der Waals surface area (Å²) in [5.41, 5.74) is 3.37. The van der Waals surface area contributed by atoms with Crippen molar-refractivity contribution in [3.8, 4) is 11.5 Å². The molecule has 2 N–H and O–H groups in total. The zero-order valence-electron chi connectivity index (χ0n) is 15.8. The van der Waals surface area contributed by atoms with Crippen LogP contribution in [0.4, 0.5) is 10.5 Å². The third kappa shape index (κ3) is 4.17. The Balaban J connectivity index is 1.60. The number of para-hydroxylation sites is 1. The molecule has 2 amide bonds. The van der Waals surface area contributed by atoms with Crippen LogP contribution in [0.25, 0.3) is 11.5 Å². The van der Waals surface area contributed by atoms with Crippen molar-refractivity contribution >= 4 is 23.3 Å². The predicted octanol–water partition coefficient (Wildman–Crippen LogP) is 4.95. The number of carbonyl (C=O) groups is 1. The number of benzene rings is 2. The zero-order valence-corrected chi connectivity index (χ0v) is 16.6. The summed E-state index contributed by atoms with van der Waals surface area (Å²) >= 11 is 5.98. The third-order valence-corrected chi connectivity index (χ3v) is 4.75. The molecule has 0 radical (unpaired) electrons. The molecule has 0 atom stereocenters. The Morgan fingerprint density at radius 3 is 2.52 bits per heavy atom. The SMILES string of the molecule is Cc1nn(-c2ccccc2)c(-n2cccc2)c1CNC(=O)Nc1cccc(Cl)c1. The Kier molecular flexibility index (Phi) is 5.35. The van der Waals surface area contributed by atoms with Crippen LogP contribution in [0.2, 0.25) is 5.02 Å². The Hall–Kier alpha value is -3.51. The lowest BCUT2D eigenvalue weighted by Crippen LogP contribution is -2.28. The minimum atomic E-state index is -0.308. The number of nitrogens with one attached hydrogen (secondary N) is 2. The van der Waals surface area contributed by atoms with Gasteiger partial charge in [0, 0.05) is 28.7 Å². The van der Waals surface area contributed by atoms with Gasteiger partial charge in [-0.25, -0.2) is 9.48 Å². The summed E-state index contributed by atoms with van der Waals surface area (Å²) in [6, 6.07) is 20.6. The number of amides is 2. The number of aromatic nitrogens is 3. The topological polar surface area (TPSA) is 63.9 Å². The highest BCUT2D eigenvalue weighted by molar-refractivity contribution is 6.30. The largest absolute Gasteiger partial charge is 0.334 e. The molecule has 146 valence electrons. The van der Waals surface area contributed by atoms with Gasteiger partial charge >= 0.3 is 6.03 Å². The van der Waals surface area contributed by atoms with E-state index in [0.29, 0.717) is 17.3 Å². The van der Waals surface area contributed by atoms with Gasteiger partial charge in [0.2, 0.25) is 0 Å². The van der Waals surface area contributed by atoms with Crippen LogP contribution >= 0.6 is 11.6 Å². The van der Waals surface area contributed by atoms with Crippen LogP contribution < -0.4 is 10.6 Å². The summed E-state index contributed by atoms with van der Waals surface area (Å²) in [4.78, 5) is 12.4. The third-order valence-electron chi connectivity index (χ3n) is 4.52. The van der Waals surface area contributed by atoms with Gasteiger partial charge in [0.15, 0.2) is 0 Å². The number of anilines is 1. The molecule has 4 aromatic rings. The fourth-order valence-electron chi connectivity index (χ4n) is 3.15. The number of hydrogen-bond donors (Lipinski definition) is 2. The van der Waals surface area contributed by atoms with Crippen LogP contribution in [0, 0.1) is 6.92 Å². The first-order chi connectivity index (χ1) is 14.1. The van der Waals surface area contributed by atoms with Gasteiger partial charge in [-0.3, -0.25) is 0 Å². The number of urea groups is 1. The maximum Gasteiger partial charge on any atom is 0.319 e. The van der Waals surface area contributed by atoms with E-state index in [1.807, 2.05) is 71.0 Å². The van der Waals surface area contributed by atoms with Crippen molar-refractivity contribution in [2.75, 3.05) is 5.32 Å². The van der Waals surface area contributed by atoms with E-state index in [9.17, 15) is 4.79 Å². The predicted molar refractivity (Wildman–Crippen MR) is 115 cm³/mol. The van der Waals surface area contributed by atoms with Crippen molar-refractivity contribution < 1.29 is 4.79 Å². The molecule has 0 saturated carbocycles. The highest BCUT2D eigenvalue weighted by Gasteiger charge is 2.18. The van der Waals surface area contributed by atoms with Crippen LogP contribution in [0.5, 0.6) is 0 Å². The van der Waals surface area contributed by atoms with E-state index in [0.717, 1.165) is 22.8 Å². The summed E-state index contributed by atoms with van der Waals surface area (Å²) in [5, 5.41) is 11.0. The number of nitrogens with zero attached hydrogens (tertiary/aromatic N) is 3. The van der Waals surface area contributed by atoms with Crippen LogP contribution in [-0.4, -0.2) is 20.4 Å². The number of carbonyl (C=O) groups excluding carboxylic acids is 1. The normalized spacial score (nSPS) is 10.7.